The molecule has 0 atom stereocenters. The number of hydrogen-bond donors (Lipinski definition) is 0. The lowest BCUT2D eigenvalue weighted by Gasteiger charge is -2.16. The summed E-state index contributed by atoms with van der Waals surface area (Å²) >= 11 is 0. The van der Waals surface area contributed by atoms with E-state index in [0.29, 0.717) is 5.69 Å². The second kappa shape index (κ2) is 4.53. The molecule has 1 heterocycles. The van der Waals surface area contributed by atoms with Gasteiger partial charge in [0.25, 0.3) is 0 Å². The summed E-state index contributed by atoms with van der Waals surface area (Å²) in [4.78, 5) is 12.1. The Morgan fingerprint density at radius 1 is 1.32 bits per heavy atom. The first kappa shape index (κ1) is 12.0. The molecule has 1 saturated carbocycles. The summed E-state index contributed by atoms with van der Waals surface area (Å²) in [6, 6.07) is 11.8. The molecule has 4 nitrogen and oxygen atoms in total. The molecule has 19 heavy (non-hydrogen) atoms. The van der Waals surface area contributed by atoms with Crippen molar-refractivity contribution < 1.29 is 9.53 Å². The molecule has 0 aliphatic heterocycles. The topological polar surface area (TPSA) is 44.1 Å². The van der Waals surface area contributed by atoms with Crippen molar-refractivity contribution in [1.82, 2.24) is 9.78 Å². The Balaban J connectivity index is 1.70. The fourth-order valence-electron chi connectivity index (χ4n) is 2.25. The Labute approximate surface area is 112 Å². The molecule has 1 aromatic carbocycles. The van der Waals surface area contributed by atoms with E-state index >= 15 is 0 Å². The highest BCUT2D eigenvalue weighted by molar-refractivity contribution is 5.87. The summed E-state index contributed by atoms with van der Waals surface area (Å²) in [5.41, 5.74) is 1.40. The SMILES string of the molecule is Cn1nccc1C(=O)OC1(Cc2ccccc2)CC1. The smallest absolute Gasteiger partial charge is 0.357 e. The standard InChI is InChI=1S/C15H16N2O2/c1-17-13(7-10-16-17)14(18)19-15(8-9-15)11-12-5-3-2-4-6-12/h2-7,10H,8-9,11H2,1H3. The zero-order valence-electron chi connectivity index (χ0n) is 10.9. The lowest BCUT2D eigenvalue weighted by Crippen LogP contribution is -2.23. The molecule has 3 rings (SSSR count). The van der Waals surface area contributed by atoms with Crippen LogP contribution < -0.4 is 0 Å². The molecular weight excluding hydrogens is 240 g/mol. The zero-order valence-corrected chi connectivity index (χ0v) is 10.9. The molecule has 1 aromatic heterocycles. The number of rotatable bonds is 4. The van der Waals surface area contributed by atoms with Crippen LogP contribution in [-0.2, 0) is 18.2 Å². The highest BCUT2D eigenvalue weighted by Crippen LogP contribution is 2.43. The maximum Gasteiger partial charge on any atom is 0.357 e. The van der Waals surface area contributed by atoms with E-state index in [0.717, 1.165) is 19.3 Å². The number of benzene rings is 1. The zero-order chi connectivity index (χ0) is 13.3. The normalized spacial score (nSPS) is 16.1. The first-order valence-electron chi connectivity index (χ1n) is 6.44. The molecule has 4 heteroatoms. The Morgan fingerprint density at radius 2 is 2.05 bits per heavy atom. The summed E-state index contributed by atoms with van der Waals surface area (Å²) in [5.74, 6) is -0.284. The van der Waals surface area contributed by atoms with E-state index in [1.165, 1.54) is 5.56 Å². The van der Waals surface area contributed by atoms with Crippen LogP contribution in [0.2, 0.25) is 0 Å². The Hall–Kier alpha value is -2.10. The molecule has 0 bridgehead atoms. The predicted octanol–water partition coefficient (Wildman–Crippen LogP) is 2.35. The van der Waals surface area contributed by atoms with Gasteiger partial charge in [-0.25, -0.2) is 4.79 Å². The van der Waals surface area contributed by atoms with Gasteiger partial charge >= 0.3 is 5.97 Å². The molecule has 0 amide bonds. The van der Waals surface area contributed by atoms with Crippen LogP contribution in [0.5, 0.6) is 0 Å². The minimum absolute atomic E-state index is 0.284. The first-order valence-corrected chi connectivity index (χ1v) is 6.44. The quantitative estimate of drug-likeness (QED) is 0.789. The molecule has 0 N–H and O–H groups in total. The van der Waals surface area contributed by atoms with E-state index in [-0.39, 0.29) is 11.6 Å². The van der Waals surface area contributed by atoms with Crippen molar-refractivity contribution >= 4 is 5.97 Å². The Kier molecular flexibility index (Phi) is 2.85. The number of nitrogens with zero attached hydrogens (tertiary/aromatic N) is 2. The minimum Gasteiger partial charge on any atom is -0.454 e. The van der Waals surface area contributed by atoms with Gasteiger partial charge in [0.1, 0.15) is 11.3 Å². The molecule has 0 radical (unpaired) electrons. The second-order valence-electron chi connectivity index (χ2n) is 5.07. The fraction of sp³-hybridized carbons (Fsp3) is 0.333. The lowest BCUT2D eigenvalue weighted by molar-refractivity contribution is 0.0215. The van der Waals surface area contributed by atoms with Crippen molar-refractivity contribution in [1.29, 1.82) is 0 Å². The van der Waals surface area contributed by atoms with E-state index in [1.807, 2.05) is 18.2 Å². The highest BCUT2D eigenvalue weighted by atomic mass is 16.6. The van der Waals surface area contributed by atoms with E-state index in [4.69, 9.17) is 4.74 Å². The van der Waals surface area contributed by atoms with Gasteiger partial charge in [-0.3, -0.25) is 4.68 Å². The van der Waals surface area contributed by atoms with Crippen LogP contribution in [0.25, 0.3) is 0 Å². The van der Waals surface area contributed by atoms with Crippen LogP contribution >= 0.6 is 0 Å². The monoisotopic (exact) mass is 256 g/mol. The van der Waals surface area contributed by atoms with Crippen molar-refractivity contribution in [3.63, 3.8) is 0 Å². The molecule has 2 aromatic rings. The summed E-state index contributed by atoms with van der Waals surface area (Å²) in [7, 11) is 1.74. The molecule has 0 unspecified atom stereocenters. The van der Waals surface area contributed by atoms with Gasteiger partial charge in [-0.1, -0.05) is 30.3 Å². The van der Waals surface area contributed by atoms with Gasteiger partial charge in [-0.05, 0) is 24.5 Å². The minimum atomic E-state index is -0.303. The van der Waals surface area contributed by atoms with E-state index in [9.17, 15) is 4.79 Å². The summed E-state index contributed by atoms with van der Waals surface area (Å²) < 4.78 is 7.22. The number of carbonyl (C=O) groups excluding carboxylic acids is 1. The van der Waals surface area contributed by atoms with Crippen molar-refractivity contribution in [2.24, 2.45) is 7.05 Å². The van der Waals surface area contributed by atoms with Gasteiger partial charge in [0, 0.05) is 19.7 Å². The van der Waals surface area contributed by atoms with E-state index < -0.39 is 0 Å². The maximum atomic E-state index is 12.1. The van der Waals surface area contributed by atoms with E-state index in [1.54, 1.807) is 24.0 Å². The Bertz CT molecular complexity index is 585. The number of aryl methyl sites for hydroxylation is 1. The third kappa shape index (κ3) is 2.52. The van der Waals surface area contributed by atoms with Crippen LogP contribution in [0.1, 0.15) is 28.9 Å². The van der Waals surface area contributed by atoms with Crippen molar-refractivity contribution in [2.75, 3.05) is 0 Å². The molecule has 98 valence electrons. The number of hydrogen-bond acceptors (Lipinski definition) is 3. The summed E-state index contributed by atoms with van der Waals surface area (Å²) in [6.45, 7) is 0. The average Bonchev–Trinajstić information content (AvgIpc) is 3.00. The maximum absolute atomic E-state index is 12.1. The van der Waals surface area contributed by atoms with Gasteiger partial charge in [0.2, 0.25) is 0 Å². The fourth-order valence-corrected chi connectivity index (χ4v) is 2.25. The molecule has 0 saturated heterocycles. The largest absolute Gasteiger partial charge is 0.454 e. The molecular formula is C15H16N2O2. The molecule has 0 spiro atoms. The van der Waals surface area contributed by atoms with Crippen LogP contribution in [0, 0.1) is 0 Å². The summed E-state index contributed by atoms with van der Waals surface area (Å²) in [6.07, 6.45) is 4.27. The Morgan fingerprint density at radius 3 is 2.63 bits per heavy atom. The van der Waals surface area contributed by atoms with Gasteiger partial charge in [0.15, 0.2) is 0 Å². The van der Waals surface area contributed by atoms with Crippen LogP contribution in [0.4, 0.5) is 0 Å². The predicted molar refractivity (Wildman–Crippen MR) is 70.7 cm³/mol. The third-order valence-corrected chi connectivity index (χ3v) is 3.52. The van der Waals surface area contributed by atoms with Crippen LogP contribution in [0.15, 0.2) is 42.6 Å². The number of carbonyl (C=O) groups is 1. The van der Waals surface area contributed by atoms with Crippen molar-refractivity contribution in [2.45, 2.75) is 24.9 Å². The number of ether oxygens (including phenoxy) is 1. The van der Waals surface area contributed by atoms with Gasteiger partial charge in [-0.15, -0.1) is 0 Å². The third-order valence-electron chi connectivity index (χ3n) is 3.52. The second-order valence-corrected chi connectivity index (χ2v) is 5.07. The van der Waals surface area contributed by atoms with Gasteiger partial charge < -0.3 is 4.74 Å². The number of aromatic nitrogens is 2. The van der Waals surface area contributed by atoms with Crippen molar-refractivity contribution in [3.8, 4) is 0 Å². The van der Waals surface area contributed by atoms with Gasteiger partial charge in [0.05, 0.1) is 0 Å². The van der Waals surface area contributed by atoms with E-state index in [2.05, 4.69) is 17.2 Å². The first-order chi connectivity index (χ1) is 9.19. The molecule has 1 aliphatic carbocycles. The lowest BCUT2D eigenvalue weighted by atomic mass is 10.1. The summed E-state index contributed by atoms with van der Waals surface area (Å²) in [5, 5.41) is 3.99. The van der Waals surface area contributed by atoms with Crippen LogP contribution in [0.3, 0.4) is 0 Å². The van der Waals surface area contributed by atoms with Crippen LogP contribution in [-0.4, -0.2) is 21.4 Å². The van der Waals surface area contributed by atoms with Crippen molar-refractivity contribution in [3.05, 3.63) is 53.9 Å². The molecule has 1 fully saturated rings. The molecule has 1 aliphatic rings. The highest BCUT2D eigenvalue weighted by Gasteiger charge is 2.47. The van der Waals surface area contributed by atoms with Gasteiger partial charge in [-0.2, -0.15) is 5.10 Å². The average molecular weight is 256 g/mol. The number of esters is 1.